The van der Waals surface area contributed by atoms with Gasteiger partial charge in [-0.2, -0.15) is 5.26 Å². The van der Waals surface area contributed by atoms with E-state index >= 15 is 0 Å². The fourth-order valence-corrected chi connectivity index (χ4v) is 7.87. The van der Waals surface area contributed by atoms with Gasteiger partial charge in [0.15, 0.2) is 0 Å². The molecule has 60 heavy (non-hydrogen) atoms. The van der Waals surface area contributed by atoms with Crippen LogP contribution in [0.15, 0.2) is 176 Å². The van der Waals surface area contributed by atoms with Crippen LogP contribution in [-0.4, -0.2) is 0 Å². The van der Waals surface area contributed by atoms with Crippen molar-refractivity contribution in [3.8, 4) is 84.0 Å². The molecule has 0 N–H and O–H groups in total. The molecule has 0 radical (unpaired) electrons. The molecular weight excluding hydrogens is 723 g/mol. The van der Waals surface area contributed by atoms with Crippen LogP contribution in [0.4, 0.5) is 0 Å². The monoisotopic (exact) mass is 779 g/mol. The van der Waals surface area contributed by atoms with E-state index in [1.807, 2.05) is 12.1 Å². The lowest BCUT2D eigenvalue weighted by Crippen LogP contribution is -1.93. The normalized spacial score (nSPS) is 10.4. The highest BCUT2D eigenvalue weighted by Gasteiger charge is 2.15. The van der Waals surface area contributed by atoms with Crippen molar-refractivity contribution in [1.82, 2.24) is 0 Å². The highest BCUT2D eigenvalue weighted by molar-refractivity contribution is 5.87. The summed E-state index contributed by atoms with van der Waals surface area (Å²) in [6.45, 7) is 17.3. The molecule has 0 spiro atoms. The van der Waals surface area contributed by atoms with Gasteiger partial charge in [-0.15, -0.1) is 0 Å². The van der Waals surface area contributed by atoms with Crippen LogP contribution in [0.2, 0.25) is 0 Å². The van der Waals surface area contributed by atoms with Gasteiger partial charge in [0.05, 0.1) is 11.6 Å². The maximum absolute atomic E-state index is 10.3. The Balaban J connectivity index is 0.000000951. The molecule has 0 aliphatic rings. The van der Waals surface area contributed by atoms with E-state index in [1.165, 1.54) is 68.5 Å². The van der Waals surface area contributed by atoms with Crippen molar-refractivity contribution in [2.24, 2.45) is 0 Å². The van der Waals surface area contributed by atoms with Gasteiger partial charge < -0.3 is 0 Å². The minimum atomic E-state index is 0.640. The Labute approximate surface area is 359 Å². The molecule has 8 aromatic carbocycles. The fraction of sp³-hybridized carbons (Fsp3) is 0.169. The molecule has 0 heterocycles. The maximum atomic E-state index is 10.3. The van der Waals surface area contributed by atoms with Gasteiger partial charge in [0.25, 0.3) is 0 Å². The quantitative estimate of drug-likeness (QED) is 0.158. The summed E-state index contributed by atoms with van der Waals surface area (Å²) in [5.74, 6) is 0. The molecule has 0 aliphatic heterocycles. The number of benzene rings is 8. The van der Waals surface area contributed by atoms with Gasteiger partial charge in [-0.25, -0.2) is 0 Å². The lowest BCUT2D eigenvalue weighted by molar-refractivity contribution is 1.09. The predicted molar refractivity (Wildman–Crippen MR) is 260 cm³/mol. The molecule has 0 unspecified atom stereocenters. The number of hydrogen-bond acceptors (Lipinski definition) is 1. The molecule has 0 aliphatic carbocycles. The van der Waals surface area contributed by atoms with E-state index in [4.69, 9.17) is 0 Å². The molecular formula is C59H57N. The summed E-state index contributed by atoms with van der Waals surface area (Å²) in [7, 11) is 0. The van der Waals surface area contributed by atoms with Gasteiger partial charge >= 0.3 is 0 Å². The largest absolute Gasteiger partial charge is 0.192 e. The zero-order valence-corrected chi connectivity index (χ0v) is 36.6. The van der Waals surface area contributed by atoms with Crippen molar-refractivity contribution in [2.75, 3.05) is 0 Å². The Morgan fingerprint density at radius 2 is 0.650 bits per heavy atom. The van der Waals surface area contributed by atoms with Crippen LogP contribution in [0.1, 0.15) is 68.4 Å². The van der Waals surface area contributed by atoms with E-state index < -0.39 is 0 Å². The summed E-state index contributed by atoms with van der Waals surface area (Å²) >= 11 is 0. The molecule has 0 amide bonds. The highest BCUT2D eigenvalue weighted by Crippen LogP contribution is 2.40. The minimum absolute atomic E-state index is 0.640. The van der Waals surface area contributed by atoms with E-state index in [2.05, 4.69) is 225 Å². The summed E-state index contributed by atoms with van der Waals surface area (Å²) in [5, 5.41) is 10.3. The Morgan fingerprint density at radius 3 is 1.18 bits per heavy atom. The number of hydrogen-bond donors (Lipinski definition) is 0. The van der Waals surface area contributed by atoms with Crippen LogP contribution < -0.4 is 0 Å². The molecule has 1 nitrogen and oxygen atoms in total. The molecule has 0 bridgehead atoms. The highest BCUT2D eigenvalue weighted by atomic mass is 14.2. The first kappa shape index (κ1) is 42.8. The number of aryl methyl sites for hydroxylation is 2. The third-order valence-corrected chi connectivity index (χ3v) is 10.8. The van der Waals surface area contributed by atoms with Gasteiger partial charge in [-0.05, 0) is 170 Å². The van der Waals surface area contributed by atoms with Crippen molar-refractivity contribution in [3.05, 3.63) is 204 Å². The number of nitriles is 1. The first-order valence-electron chi connectivity index (χ1n) is 21.4. The Morgan fingerprint density at radius 1 is 0.317 bits per heavy atom. The predicted octanol–water partition coefficient (Wildman–Crippen LogP) is 17.3. The summed E-state index contributed by atoms with van der Waals surface area (Å²) < 4.78 is 0. The van der Waals surface area contributed by atoms with Gasteiger partial charge in [0.2, 0.25) is 0 Å². The fourth-order valence-electron chi connectivity index (χ4n) is 7.87. The third-order valence-electron chi connectivity index (χ3n) is 10.8. The van der Waals surface area contributed by atoms with Gasteiger partial charge in [0.1, 0.15) is 0 Å². The Kier molecular flexibility index (Phi) is 14.5. The van der Waals surface area contributed by atoms with Crippen molar-refractivity contribution >= 4 is 0 Å². The van der Waals surface area contributed by atoms with Crippen molar-refractivity contribution in [2.45, 2.75) is 68.2 Å². The maximum Gasteiger partial charge on any atom is 0.0992 e. The Hall–Kier alpha value is -6.75. The number of nitrogens with zero attached hydrogens (tertiary/aromatic N) is 1. The topological polar surface area (TPSA) is 23.8 Å². The van der Waals surface area contributed by atoms with Crippen LogP contribution in [0.25, 0.3) is 77.9 Å². The minimum Gasteiger partial charge on any atom is -0.192 e. The van der Waals surface area contributed by atoms with Crippen molar-refractivity contribution in [3.63, 3.8) is 0 Å². The van der Waals surface area contributed by atoms with Crippen LogP contribution >= 0.6 is 0 Å². The van der Waals surface area contributed by atoms with E-state index in [-0.39, 0.29) is 0 Å². The first-order valence-corrected chi connectivity index (χ1v) is 21.4. The van der Waals surface area contributed by atoms with Crippen molar-refractivity contribution in [1.29, 1.82) is 5.26 Å². The molecule has 0 fully saturated rings. The standard InChI is InChI=1S/C53H41N.2C3H8/c1-35-15-8-10-21-48(35)52-25-13-23-50(37(52)3)42-20-12-19-41(29-42)45-30-44(40-17-6-5-7-18-40)31-46(32-45)43-27-39(34-54)28-47(33-43)51-24-14-26-53(38(51)4)49-22-11-9-16-36(49)2;2*1-3-2/h5-33H,1-4H3;2*3H2,1-2H3. The second-order valence-electron chi connectivity index (χ2n) is 15.7. The summed E-state index contributed by atoms with van der Waals surface area (Å²) in [6.07, 6.45) is 2.50. The first-order chi connectivity index (χ1) is 29.2. The molecule has 0 aromatic heterocycles. The number of rotatable bonds is 7. The van der Waals surface area contributed by atoms with Gasteiger partial charge in [-0.3, -0.25) is 0 Å². The van der Waals surface area contributed by atoms with Gasteiger partial charge in [-0.1, -0.05) is 174 Å². The molecule has 8 aromatic rings. The molecule has 0 saturated carbocycles. The lowest BCUT2D eigenvalue weighted by atomic mass is 9.87. The SMILES string of the molecule is CCC.CCC.Cc1ccccc1-c1cccc(-c2cccc(-c3cc(-c4ccccc4)cc(-c4cc(C#N)cc(-c5cccc(-c6ccccc6C)c5C)c4)c3)c2)c1C. The zero-order chi connectivity index (χ0) is 42.6. The third kappa shape index (κ3) is 9.74. The molecule has 0 atom stereocenters. The van der Waals surface area contributed by atoms with E-state index in [9.17, 15) is 5.26 Å². The second-order valence-corrected chi connectivity index (χ2v) is 15.7. The van der Waals surface area contributed by atoms with Crippen LogP contribution in [-0.2, 0) is 0 Å². The van der Waals surface area contributed by atoms with E-state index in [0.29, 0.717) is 5.56 Å². The summed E-state index contributed by atoms with van der Waals surface area (Å²) in [6, 6.07) is 65.3. The van der Waals surface area contributed by atoms with E-state index in [1.54, 1.807) is 0 Å². The summed E-state index contributed by atoms with van der Waals surface area (Å²) in [4.78, 5) is 0. The average Bonchev–Trinajstić information content (AvgIpc) is 3.28. The zero-order valence-electron chi connectivity index (χ0n) is 36.6. The molecule has 298 valence electrons. The van der Waals surface area contributed by atoms with Crippen LogP contribution in [0.5, 0.6) is 0 Å². The molecule has 1 heteroatoms. The second kappa shape index (κ2) is 20.3. The summed E-state index contributed by atoms with van der Waals surface area (Å²) in [5.41, 5.74) is 21.8. The Bertz CT molecular complexity index is 2740. The van der Waals surface area contributed by atoms with Gasteiger partial charge in [0, 0.05) is 0 Å². The van der Waals surface area contributed by atoms with Crippen LogP contribution in [0.3, 0.4) is 0 Å². The smallest absolute Gasteiger partial charge is 0.0992 e. The molecule has 8 rings (SSSR count). The molecule has 0 saturated heterocycles. The average molecular weight is 780 g/mol. The van der Waals surface area contributed by atoms with Crippen molar-refractivity contribution < 1.29 is 0 Å². The van der Waals surface area contributed by atoms with Crippen LogP contribution in [0, 0.1) is 39.0 Å². The van der Waals surface area contributed by atoms with E-state index in [0.717, 1.165) is 44.5 Å². The lowest BCUT2D eigenvalue weighted by Gasteiger charge is -2.17.